The van der Waals surface area contributed by atoms with E-state index in [0.717, 1.165) is 0 Å². The standard InChI is InChI=1S/C21H20O8/c1-10-17(23)19(25)20(26)21(28-10)29-13-6-7-14-16(8-13)27-9-15(18(14)24)11-2-4-12(22)5-3-11/h2-10,17,19-23,25-26H,1H3/t10-,17+,19+,20+,21?/m1/s1. The largest absolute Gasteiger partial charge is 0.508 e. The molecule has 1 aliphatic heterocycles. The first-order chi connectivity index (χ1) is 13.8. The number of hydrogen-bond acceptors (Lipinski definition) is 8. The number of rotatable bonds is 3. The van der Waals surface area contributed by atoms with Crippen molar-refractivity contribution in [1.82, 2.24) is 0 Å². The fourth-order valence-electron chi connectivity index (χ4n) is 3.27. The number of aliphatic hydroxyl groups excluding tert-OH is 3. The highest BCUT2D eigenvalue weighted by atomic mass is 16.7. The molecule has 0 radical (unpaired) electrons. The average molecular weight is 400 g/mol. The first-order valence-electron chi connectivity index (χ1n) is 9.06. The van der Waals surface area contributed by atoms with Crippen molar-refractivity contribution in [3.8, 4) is 22.6 Å². The van der Waals surface area contributed by atoms with E-state index in [-0.39, 0.29) is 22.5 Å². The van der Waals surface area contributed by atoms with Crippen LogP contribution in [-0.4, -0.2) is 51.1 Å². The molecule has 3 aromatic rings. The first-order valence-corrected chi connectivity index (χ1v) is 9.06. The molecule has 0 amide bonds. The summed E-state index contributed by atoms with van der Waals surface area (Å²) in [6.45, 7) is 1.56. The zero-order valence-corrected chi connectivity index (χ0v) is 15.4. The van der Waals surface area contributed by atoms with Crippen molar-refractivity contribution in [2.75, 3.05) is 0 Å². The highest BCUT2D eigenvalue weighted by molar-refractivity contribution is 5.82. The van der Waals surface area contributed by atoms with Crippen LogP contribution in [-0.2, 0) is 4.74 Å². The third-order valence-corrected chi connectivity index (χ3v) is 4.99. The molecule has 2 aromatic carbocycles. The number of hydrogen-bond donors (Lipinski definition) is 4. The average Bonchev–Trinajstić information content (AvgIpc) is 2.71. The second-order valence-corrected chi connectivity index (χ2v) is 6.98. The maximum absolute atomic E-state index is 12.8. The summed E-state index contributed by atoms with van der Waals surface area (Å²) >= 11 is 0. The minimum Gasteiger partial charge on any atom is -0.508 e. The summed E-state index contributed by atoms with van der Waals surface area (Å²) in [5.41, 5.74) is 0.987. The normalized spacial score (nSPS) is 27.1. The Morgan fingerprint density at radius 1 is 0.966 bits per heavy atom. The summed E-state index contributed by atoms with van der Waals surface area (Å²) in [5.74, 6) is 0.359. The van der Waals surface area contributed by atoms with Crippen LogP contribution in [0.25, 0.3) is 22.1 Å². The molecular formula is C21H20O8. The molecule has 8 nitrogen and oxygen atoms in total. The van der Waals surface area contributed by atoms with Crippen LogP contribution < -0.4 is 10.2 Å². The zero-order chi connectivity index (χ0) is 20.7. The lowest BCUT2D eigenvalue weighted by Crippen LogP contribution is -2.58. The summed E-state index contributed by atoms with van der Waals surface area (Å²) in [7, 11) is 0. The van der Waals surface area contributed by atoms with Gasteiger partial charge in [0, 0.05) is 6.07 Å². The van der Waals surface area contributed by atoms with Gasteiger partial charge in [-0.05, 0) is 36.8 Å². The molecule has 0 saturated carbocycles. The number of phenols is 1. The summed E-state index contributed by atoms with van der Waals surface area (Å²) in [6, 6.07) is 10.7. The zero-order valence-electron chi connectivity index (χ0n) is 15.4. The molecule has 4 rings (SSSR count). The maximum Gasteiger partial charge on any atom is 0.229 e. The number of aromatic hydroxyl groups is 1. The Morgan fingerprint density at radius 2 is 1.69 bits per heavy atom. The van der Waals surface area contributed by atoms with E-state index in [9.17, 15) is 25.2 Å². The summed E-state index contributed by atoms with van der Waals surface area (Å²) in [6.07, 6.45) is -4.67. The van der Waals surface area contributed by atoms with Crippen LogP contribution >= 0.6 is 0 Å². The molecule has 152 valence electrons. The van der Waals surface area contributed by atoms with Gasteiger partial charge in [0.2, 0.25) is 6.29 Å². The van der Waals surface area contributed by atoms with E-state index in [1.807, 2.05) is 0 Å². The van der Waals surface area contributed by atoms with Gasteiger partial charge in [-0.2, -0.15) is 0 Å². The van der Waals surface area contributed by atoms with Crippen molar-refractivity contribution in [1.29, 1.82) is 0 Å². The minimum atomic E-state index is -1.44. The van der Waals surface area contributed by atoms with Gasteiger partial charge in [-0.15, -0.1) is 0 Å². The molecular weight excluding hydrogens is 380 g/mol. The van der Waals surface area contributed by atoms with E-state index >= 15 is 0 Å². The Labute approximate surface area is 165 Å². The van der Waals surface area contributed by atoms with Crippen molar-refractivity contribution in [3.05, 3.63) is 59.0 Å². The number of ether oxygens (including phenoxy) is 2. The Bertz CT molecular complexity index is 1070. The van der Waals surface area contributed by atoms with Gasteiger partial charge in [0.05, 0.1) is 17.1 Å². The molecule has 1 unspecified atom stereocenters. The molecule has 2 heterocycles. The third-order valence-electron chi connectivity index (χ3n) is 4.99. The lowest BCUT2D eigenvalue weighted by atomic mass is 10.00. The van der Waals surface area contributed by atoms with Crippen LogP contribution in [0.2, 0.25) is 0 Å². The monoisotopic (exact) mass is 400 g/mol. The van der Waals surface area contributed by atoms with Crippen LogP contribution in [0.3, 0.4) is 0 Å². The van der Waals surface area contributed by atoms with E-state index in [1.165, 1.54) is 36.6 Å². The van der Waals surface area contributed by atoms with Gasteiger partial charge in [-0.3, -0.25) is 4.79 Å². The van der Waals surface area contributed by atoms with E-state index < -0.39 is 30.7 Å². The van der Waals surface area contributed by atoms with Crippen molar-refractivity contribution in [2.24, 2.45) is 0 Å². The van der Waals surface area contributed by atoms with Crippen molar-refractivity contribution in [2.45, 2.75) is 37.6 Å². The van der Waals surface area contributed by atoms with Gasteiger partial charge in [-0.25, -0.2) is 0 Å². The summed E-state index contributed by atoms with van der Waals surface area (Å²) in [4.78, 5) is 12.8. The van der Waals surface area contributed by atoms with Crippen LogP contribution in [0.15, 0.2) is 57.9 Å². The smallest absolute Gasteiger partial charge is 0.229 e. The highest BCUT2D eigenvalue weighted by Gasteiger charge is 2.43. The fourth-order valence-corrected chi connectivity index (χ4v) is 3.27. The Morgan fingerprint density at radius 3 is 2.41 bits per heavy atom. The number of fused-ring (bicyclic) bond motifs is 1. The predicted octanol–water partition coefficient (Wildman–Crippen LogP) is 1.37. The second kappa shape index (κ2) is 7.49. The molecule has 4 N–H and O–H groups in total. The Kier molecular flexibility index (Phi) is 5.01. The third kappa shape index (κ3) is 3.58. The van der Waals surface area contributed by atoms with Gasteiger partial charge in [0.1, 0.15) is 41.7 Å². The molecule has 1 fully saturated rings. The topological polar surface area (TPSA) is 130 Å². The highest BCUT2D eigenvalue weighted by Crippen LogP contribution is 2.27. The molecule has 1 aliphatic rings. The predicted molar refractivity (Wildman–Crippen MR) is 103 cm³/mol. The van der Waals surface area contributed by atoms with Gasteiger partial charge in [0.25, 0.3) is 0 Å². The second-order valence-electron chi connectivity index (χ2n) is 6.98. The minimum absolute atomic E-state index is 0.0970. The molecule has 0 bridgehead atoms. The number of benzene rings is 2. The summed E-state index contributed by atoms with van der Waals surface area (Å²) in [5, 5.41) is 39.5. The van der Waals surface area contributed by atoms with Crippen LogP contribution in [0.4, 0.5) is 0 Å². The molecule has 0 aliphatic carbocycles. The van der Waals surface area contributed by atoms with Gasteiger partial charge in [0.15, 0.2) is 5.43 Å². The fraction of sp³-hybridized carbons (Fsp3) is 0.286. The van der Waals surface area contributed by atoms with Gasteiger partial charge < -0.3 is 34.3 Å². The van der Waals surface area contributed by atoms with Gasteiger partial charge in [-0.1, -0.05) is 12.1 Å². The Balaban J connectivity index is 1.63. The van der Waals surface area contributed by atoms with Crippen LogP contribution in [0.5, 0.6) is 11.5 Å². The van der Waals surface area contributed by atoms with Crippen molar-refractivity contribution < 1.29 is 34.3 Å². The molecule has 8 heteroatoms. The van der Waals surface area contributed by atoms with Crippen molar-refractivity contribution >= 4 is 11.0 Å². The maximum atomic E-state index is 12.8. The molecule has 29 heavy (non-hydrogen) atoms. The number of aliphatic hydroxyl groups is 3. The first kappa shape index (κ1) is 19.4. The number of phenolic OH excluding ortho intramolecular Hbond substituents is 1. The van der Waals surface area contributed by atoms with Crippen LogP contribution in [0, 0.1) is 0 Å². The SMILES string of the molecule is C[C@H]1OC(Oc2ccc3c(=O)c(-c4ccc(O)cc4)coc3c2)[C@@H](O)[C@@H](O)[C@H]1O. The summed E-state index contributed by atoms with van der Waals surface area (Å²) < 4.78 is 16.6. The molecule has 0 spiro atoms. The Hall–Kier alpha value is -2.91. The molecule has 1 saturated heterocycles. The lowest BCUT2D eigenvalue weighted by molar-refractivity contribution is -0.268. The van der Waals surface area contributed by atoms with Crippen molar-refractivity contribution in [3.63, 3.8) is 0 Å². The van der Waals surface area contributed by atoms with Gasteiger partial charge >= 0.3 is 0 Å². The van der Waals surface area contributed by atoms with E-state index in [0.29, 0.717) is 16.5 Å². The lowest BCUT2D eigenvalue weighted by Gasteiger charge is -2.38. The van der Waals surface area contributed by atoms with Crippen LogP contribution in [0.1, 0.15) is 6.92 Å². The quantitative estimate of drug-likeness (QED) is 0.519. The van der Waals surface area contributed by atoms with E-state index in [2.05, 4.69) is 0 Å². The molecule has 1 aromatic heterocycles. The van der Waals surface area contributed by atoms with E-state index in [1.54, 1.807) is 19.1 Å². The molecule has 5 atom stereocenters. The van der Waals surface area contributed by atoms with E-state index in [4.69, 9.17) is 13.9 Å².